The van der Waals surface area contributed by atoms with Crippen LogP contribution < -0.4 is 11.1 Å². The number of halogens is 1. The number of aliphatic imine (C=N–C) groups is 1. The van der Waals surface area contributed by atoms with Crippen molar-refractivity contribution in [1.82, 2.24) is 5.32 Å². The van der Waals surface area contributed by atoms with Crippen molar-refractivity contribution in [1.29, 1.82) is 0 Å². The van der Waals surface area contributed by atoms with Gasteiger partial charge in [-0.05, 0) is 39.0 Å². The number of nitrogens with two attached hydrogens (primary N) is 1. The van der Waals surface area contributed by atoms with Crippen LogP contribution in [-0.2, 0) is 4.74 Å². The van der Waals surface area contributed by atoms with Gasteiger partial charge in [-0.3, -0.25) is 0 Å². The molecule has 22 heavy (non-hydrogen) atoms. The summed E-state index contributed by atoms with van der Waals surface area (Å²) in [6, 6.07) is 0.928. The standard InChI is InChI=1S/C17H31N3O.HI/c1-2-21-15-12-14(17(15)10-6-7-11-17)20-16(18)19-13-8-4-3-5-9-13;/h13-15H,2-12H2,1H3,(H3,18,19,20);1H. The van der Waals surface area contributed by atoms with E-state index in [4.69, 9.17) is 15.5 Å². The molecule has 3 aliphatic rings. The molecule has 3 aliphatic carbocycles. The van der Waals surface area contributed by atoms with Crippen molar-refractivity contribution in [2.75, 3.05) is 6.61 Å². The number of rotatable bonds is 4. The molecular formula is C17H32IN3O. The molecule has 3 N–H and O–H groups in total. The van der Waals surface area contributed by atoms with E-state index in [0.717, 1.165) is 13.0 Å². The van der Waals surface area contributed by atoms with E-state index in [-0.39, 0.29) is 24.0 Å². The SMILES string of the molecule is CCOC1CC(N=C(N)NC2CCCCC2)C12CCCC2.I. The van der Waals surface area contributed by atoms with Gasteiger partial charge in [-0.1, -0.05) is 32.1 Å². The number of nitrogens with zero attached hydrogens (tertiary/aromatic N) is 1. The van der Waals surface area contributed by atoms with E-state index in [1.54, 1.807) is 0 Å². The minimum Gasteiger partial charge on any atom is -0.378 e. The molecule has 0 heterocycles. The summed E-state index contributed by atoms with van der Waals surface area (Å²) in [6.45, 7) is 2.91. The second-order valence-electron chi connectivity index (χ2n) is 7.13. The Morgan fingerprint density at radius 1 is 1.18 bits per heavy atom. The Labute approximate surface area is 152 Å². The normalized spacial score (nSPS) is 31.6. The second kappa shape index (κ2) is 8.18. The molecule has 0 aromatic rings. The first-order chi connectivity index (χ1) is 10.2. The molecule has 3 fully saturated rings. The molecule has 4 nitrogen and oxygen atoms in total. The van der Waals surface area contributed by atoms with Crippen LogP contribution in [0.25, 0.3) is 0 Å². The van der Waals surface area contributed by atoms with E-state index in [1.807, 2.05) is 0 Å². The summed E-state index contributed by atoms with van der Waals surface area (Å²) >= 11 is 0. The summed E-state index contributed by atoms with van der Waals surface area (Å²) in [4.78, 5) is 4.85. The van der Waals surface area contributed by atoms with Crippen molar-refractivity contribution in [3.05, 3.63) is 0 Å². The van der Waals surface area contributed by atoms with E-state index in [0.29, 0.717) is 29.6 Å². The largest absolute Gasteiger partial charge is 0.378 e. The van der Waals surface area contributed by atoms with E-state index in [1.165, 1.54) is 57.8 Å². The Kier molecular flexibility index (Phi) is 6.80. The maximum atomic E-state index is 6.18. The van der Waals surface area contributed by atoms with Crippen LogP contribution in [0.3, 0.4) is 0 Å². The third-order valence-electron chi connectivity index (χ3n) is 5.90. The van der Waals surface area contributed by atoms with Gasteiger partial charge in [0.1, 0.15) is 0 Å². The Morgan fingerprint density at radius 2 is 1.86 bits per heavy atom. The van der Waals surface area contributed by atoms with Crippen LogP contribution >= 0.6 is 24.0 Å². The first kappa shape index (κ1) is 18.3. The second-order valence-corrected chi connectivity index (χ2v) is 7.13. The quantitative estimate of drug-likeness (QED) is 0.415. The molecule has 3 rings (SSSR count). The average molecular weight is 421 g/mol. The first-order valence-electron chi connectivity index (χ1n) is 8.96. The molecule has 0 bridgehead atoms. The minimum absolute atomic E-state index is 0. The molecule has 0 aromatic heterocycles. The molecule has 0 aromatic carbocycles. The first-order valence-corrected chi connectivity index (χ1v) is 8.96. The number of nitrogens with one attached hydrogen (secondary N) is 1. The van der Waals surface area contributed by atoms with Crippen LogP contribution in [0.4, 0.5) is 0 Å². The van der Waals surface area contributed by atoms with Gasteiger partial charge in [0.2, 0.25) is 0 Å². The zero-order valence-electron chi connectivity index (χ0n) is 13.9. The van der Waals surface area contributed by atoms with Gasteiger partial charge in [0.05, 0.1) is 12.1 Å². The van der Waals surface area contributed by atoms with Crippen LogP contribution in [0.5, 0.6) is 0 Å². The predicted octanol–water partition coefficient (Wildman–Crippen LogP) is 3.58. The summed E-state index contributed by atoms with van der Waals surface area (Å²) in [5.74, 6) is 0.674. The lowest BCUT2D eigenvalue weighted by Crippen LogP contribution is -2.57. The van der Waals surface area contributed by atoms with Gasteiger partial charge in [-0.15, -0.1) is 24.0 Å². The van der Waals surface area contributed by atoms with Crippen LogP contribution in [0, 0.1) is 5.41 Å². The fourth-order valence-electron chi connectivity index (χ4n) is 4.69. The lowest BCUT2D eigenvalue weighted by atomic mass is 9.61. The maximum Gasteiger partial charge on any atom is 0.189 e. The van der Waals surface area contributed by atoms with Gasteiger partial charge >= 0.3 is 0 Å². The van der Waals surface area contributed by atoms with Crippen molar-refractivity contribution < 1.29 is 4.74 Å². The molecule has 128 valence electrons. The van der Waals surface area contributed by atoms with E-state index in [2.05, 4.69) is 12.2 Å². The molecule has 5 heteroatoms. The maximum absolute atomic E-state index is 6.18. The molecule has 1 spiro atoms. The number of ether oxygens (including phenoxy) is 1. The average Bonchev–Trinajstić information content (AvgIpc) is 3.00. The van der Waals surface area contributed by atoms with Crippen molar-refractivity contribution in [3.8, 4) is 0 Å². The zero-order chi connectivity index (χ0) is 14.7. The van der Waals surface area contributed by atoms with Gasteiger partial charge in [-0.2, -0.15) is 0 Å². The van der Waals surface area contributed by atoms with E-state index < -0.39 is 0 Å². The lowest BCUT2D eigenvalue weighted by Gasteiger charge is -2.52. The number of hydrogen-bond donors (Lipinski definition) is 2. The van der Waals surface area contributed by atoms with E-state index in [9.17, 15) is 0 Å². The monoisotopic (exact) mass is 421 g/mol. The third kappa shape index (κ3) is 3.71. The highest BCUT2D eigenvalue weighted by molar-refractivity contribution is 14.0. The van der Waals surface area contributed by atoms with Crippen LogP contribution in [0.2, 0.25) is 0 Å². The van der Waals surface area contributed by atoms with Crippen molar-refractivity contribution in [2.45, 2.75) is 89.3 Å². The molecule has 0 radical (unpaired) electrons. The zero-order valence-corrected chi connectivity index (χ0v) is 16.2. The highest BCUT2D eigenvalue weighted by Crippen LogP contribution is 2.56. The number of hydrogen-bond acceptors (Lipinski definition) is 2. The molecular weight excluding hydrogens is 389 g/mol. The van der Waals surface area contributed by atoms with E-state index >= 15 is 0 Å². The van der Waals surface area contributed by atoms with Crippen molar-refractivity contribution in [3.63, 3.8) is 0 Å². The topological polar surface area (TPSA) is 59.6 Å². The highest BCUT2D eigenvalue weighted by atomic mass is 127. The molecule has 0 amide bonds. The molecule has 2 unspecified atom stereocenters. The Hall–Kier alpha value is -0.0400. The van der Waals surface area contributed by atoms with Crippen LogP contribution in [0.1, 0.15) is 71.1 Å². The summed E-state index contributed by atoms with van der Waals surface area (Å²) in [5.41, 5.74) is 6.48. The number of guanidine groups is 1. The van der Waals surface area contributed by atoms with Crippen molar-refractivity contribution >= 4 is 29.9 Å². The summed E-state index contributed by atoms with van der Waals surface area (Å²) in [7, 11) is 0. The fraction of sp³-hybridized carbons (Fsp3) is 0.941. The Morgan fingerprint density at radius 3 is 2.50 bits per heavy atom. The summed E-state index contributed by atoms with van der Waals surface area (Å²) in [5, 5.41) is 3.46. The Bertz CT molecular complexity index is 376. The fourth-order valence-corrected chi connectivity index (χ4v) is 4.69. The predicted molar refractivity (Wildman–Crippen MR) is 102 cm³/mol. The third-order valence-corrected chi connectivity index (χ3v) is 5.90. The van der Waals surface area contributed by atoms with Crippen LogP contribution in [-0.4, -0.2) is 30.8 Å². The van der Waals surface area contributed by atoms with Crippen LogP contribution in [0.15, 0.2) is 4.99 Å². The van der Waals surface area contributed by atoms with Gasteiger partial charge in [0.25, 0.3) is 0 Å². The van der Waals surface area contributed by atoms with Gasteiger partial charge in [0.15, 0.2) is 5.96 Å². The molecule has 2 atom stereocenters. The smallest absolute Gasteiger partial charge is 0.189 e. The lowest BCUT2D eigenvalue weighted by molar-refractivity contribution is -0.119. The van der Waals surface area contributed by atoms with Gasteiger partial charge in [0, 0.05) is 18.1 Å². The molecule has 0 aliphatic heterocycles. The molecule has 0 saturated heterocycles. The van der Waals surface area contributed by atoms with Gasteiger partial charge in [-0.25, -0.2) is 4.99 Å². The minimum atomic E-state index is 0. The summed E-state index contributed by atoms with van der Waals surface area (Å²) in [6.07, 6.45) is 13.2. The summed E-state index contributed by atoms with van der Waals surface area (Å²) < 4.78 is 5.95. The van der Waals surface area contributed by atoms with Gasteiger partial charge < -0.3 is 15.8 Å². The Balaban J connectivity index is 0.00000176. The highest BCUT2D eigenvalue weighted by Gasteiger charge is 2.56. The van der Waals surface area contributed by atoms with Crippen molar-refractivity contribution in [2.24, 2.45) is 16.1 Å². The molecule has 3 saturated carbocycles.